The summed E-state index contributed by atoms with van der Waals surface area (Å²) < 4.78 is 3.63. The van der Waals surface area contributed by atoms with E-state index in [1.165, 1.54) is 0 Å². The number of rotatable bonds is 3. The molecule has 0 aliphatic heterocycles. The molecule has 0 atom stereocenters. The number of amides is 1. The van der Waals surface area contributed by atoms with Crippen LogP contribution in [-0.4, -0.2) is 20.3 Å². The minimum absolute atomic E-state index is 0.138. The van der Waals surface area contributed by atoms with E-state index in [2.05, 4.69) is 10.4 Å². The maximum Gasteiger partial charge on any atom is 0.272 e. The maximum atomic E-state index is 12.5. The fraction of sp³-hybridized carbons (Fsp3) is 0.176. The van der Waals surface area contributed by atoms with Crippen molar-refractivity contribution in [1.82, 2.24) is 14.3 Å². The Kier molecular flexibility index (Phi) is 3.55. The number of aromatic nitrogens is 3. The Bertz CT molecular complexity index is 815. The fourth-order valence-electron chi connectivity index (χ4n) is 2.45. The van der Waals surface area contributed by atoms with Crippen LogP contribution in [-0.2, 0) is 14.1 Å². The number of hydrogen-bond donors (Lipinski definition) is 1. The van der Waals surface area contributed by atoms with Gasteiger partial charge in [-0.15, -0.1) is 0 Å². The van der Waals surface area contributed by atoms with Gasteiger partial charge in [-0.25, -0.2) is 0 Å². The average molecular weight is 294 g/mol. The minimum Gasteiger partial charge on any atom is -0.340 e. The molecule has 0 saturated carbocycles. The van der Waals surface area contributed by atoms with Gasteiger partial charge in [0.05, 0.1) is 17.6 Å². The van der Waals surface area contributed by atoms with E-state index in [0.717, 1.165) is 22.6 Å². The highest BCUT2D eigenvalue weighted by Crippen LogP contribution is 2.22. The fourth-order valence-corrected chi connectivity index (χ4v) is 2.45. The van der Waals surface area contributed by atoms with Crippen LogP contribution < -0.4 is 5.32 Å². The van der Waals surface area contributed by atoms with Crippen LogP contribution in [0.15, 0.2) is 48.7 Å². The molecule has 1 aromatic carbocycles. The van der Waals surface area contributed by atoms with Gasteiger partial charge in [0.15, 0.2) is 0 Å². The van der Waals surface area contributed by atoms with Gasteiger partial charge in [-0.2, -0.15) is 5.10 Å². The van der Waals surface area contributed by atoms with Gasteiger partial charge in [0.2, 0.25) is 0 Å². The normalized spacial score (nSPS) is 10.7. The van der Waals surface area contributed by atoms with Crippen LogP contribution in [0.4, 0.5) is 5.69 Å². The molecule has 3 rings (SSSR count). The van der Waals surface area contributed by atoms with Crippen molar-refractivity contribution < 1.29 is 4.79 Å². The highest BCUT2D eigenvalue weighted by atomic mass is 16.2. The molecule has 5 heteroatoms. The maximum absolute atomic E-state index is 12.5. The Balaban J connectivity index is 1.88. The number of nitrogens with one attached hydrogen (secondary N) is 1. The third-order valence-electron chi connectivity index (χ3n) is 3.91. The van der Waals surface area contributed by atoms with Gasteiger partial charge >= 0.3 is 0 Å². The smallest absolute Gasteiger partial charge is 0.272 e. The molecular weight excluding hydrogens is 276 g/mol. The second-order valence-corrected chi connectivity index (χ2v) is 5.25. The molecule has 0 saturated heterocycles. The number of nitrogens with zero attached hydrogens (tertiary/aromatic N) is 3. The van der Waals surface area contributed by atoms with Crippen LogP contribution in [0.5, 0.6) is 0 Å². The van der Waals surface area contributed by atoms with E-state index in [0.29, 0.717) is 5.69 Å². The molecule has 112 valence electrons. The summed E-state index contributed by atoms with van der Waals surface area (Å²) in [6.07, 6.45) is 1.66. The van der Waals surface area contributed by atoms with Gasteiger partial charge in [-0.1, -0.05) is 30.3 Å². The molecular formula is C17H18N4O. The van der Waals surface area contributed by atoms with Crippen LogP contribution in [0.3, 0.4) is 0 Å². The summed E-state index contributed by atoms with van der Waals surface area (Å²) in [4.78, 5) is 12.5. The molecule has 2 aromatic heterocycles. The van der Waals surface area contributed by atoms with E-state index in [1.807, 2.05) is 68.1 Å². The predicted molar refractivity (Wildman–Crippen MR) is 86.7 cm³/mol. The van der Waals surface area contributed by atoms with Crippen molar-refractivity contribution in [2.24, 2.45) is 14.1 Å². The number of benzene rings is 1. The van der Waals surface area contributed by atoms with Crippen molar-refractivity contribution in [1.29, 1.82) is 0 Å². The largest absolute Gasteiger partial charge is 0.340 e. The zero-order valence-electron chi connectivity index (χ0n) is 12.9. The Morgan fingerprint density at radius 3 is 2.45 bits per heavy atom. The summed E-state index contributed by atoms with van der Waals surface area (Å²) in [6.45, 7) is 1.92. The zero-order valence-corrected chi connectivity index (χ0v) is 12.9. The first-order valence-electron chi connectivity index (χ1n) is 7.09. The van der Waals surface area contributed by atoms with E-state index in [1.54, 1.807) is 10.9 Å². The standard InChI is InChI=1S/C17H18N4O/c1-12-14(11-18-21(12)3)19-17(22)16-10-9-15(20(16)2)13-7-5-4-6-8-13/h4-11H,1-3H3,(H,19,22). The van der Waals surface area contributed by atoms with E-state index in [9.17, 15) is 4.79 Å². The Morgan fingerprint density at radius 2 is 1.82 bits per heavy atom. The molecule has 5 nitrogen and oxygen atoms in total. The number of hydrogen-bond acceptors (Lipinski definition) is 2. The summed E-state index contributed by atoms with van der Waals surface area (Å²) in [5, 5.41) is 7.04. The van der Waals surface area contributed by atoms with Gasteiger partial charge in [0.1, 0.15) is 5.69 Å². The Morgan fingerprint density at radius 1 is 1.09 bits per heavy atom. The molecule has 22 heavy (non-hydrogen) atoms. The first-order valence-corrected chi connectivity index (χ1v) is 7.09. The van der Waals surface area contributed by atoms with Crippen molar-refractivity contribution in [2.45, 2.75) is 6.92 Å². The monoisotopic (exact) mass is 294 g/mol. The lowest BCUT2D eigenvalue weighted by molar-refractivity contribution is 0.101. The molecule has 0 spiro atoms. The Hall–Kier alpha value is -2.82. The van der Waals surface area contributed by atoms with Gasteiger partial charge in [-0.05, 0) is 24.6 Å². The summed E-state index contributed by atoms with van der Waals surface area (Å²) in [7, 11) is 3.74. The lowest BCUT2D eigenvalue weighted by Gasteiger charge is -2.08. The van der Waals surface area contributed by atoms with Gasteiger partial charge in [-0.3, -0.25) is 9.48 Å². The second-order valence-electron chi connectivity index (χ2n) is 5.25. The minimum atomic E-state index is -0.138. The van der Waals surface area contributed by atoms with E-state index >= 15 is 0 Å². The molecule has 0 unspecified atom stereocenters. The van der Waals surface area contributed by atoms with Crippen LogP contribution in [0.25, 0.3) is 11.3 Å². The number of aryl methyl sites for hydroxylation is 1. The van der Waals surface area contributed by atoms with Gasteiger partial charge < -0.3 is 9.88 Å². The van der Waals surface area contributed by atoms with Crippen LogP contribution in [0.2, 0.25) is 0 Å². The predicted octanol–water partition coefficient (Wildman–Crippen LogP) is 2.99. The first-order chi connectivity index (χ1) is 10.6. The lowest BCUT2D eigenvalue weighted by Crippen LogP contribution is -2.16. The van der Waals surface area contributed by atoms with Gasteiger partial charge in [0, 0.05) is 19.8 Å². The highest BCUT2D eigenvalue weighted by Gasteiger charge is 2.15. The van der Waals surface area contributed by atoms with Gasteiger partial charge in [0.25, 0.3) is 5.91 Å². The van der Waals surface area contributed by atoms with Crippen molar-refractivity contribution in [2.75, 3.05) is 5.32 Å². The van der Waals surface area contributed by atoms with Crippen molar-refractivity contribution in [3.63, 3.8) is 0 Å². The second kappa shape index (κ2) is 5.52. The van der Waals surface area contributed by atoms with E-state index in [4.69, 9.17) is 0 Å². The Labute approximate surface area is 129 Å². The summed E-state index contributed by atoms with van der Waals surface area (Å²) >= 11 is 0. The average Bonchev–Trinajstić information content (AvgIpc) is 3.06. The molecule has 1 amide bonds. The molecule has 0 bridgehead atoms. The highest BCUT2D eigenvalue weighted by molar-refractivity contribution is 6.04. The van der Waals surface area contributed by atoms with E-state index < -0.39 is 0 Å². The van der Waals surface area contributed by atoms with Crippen LogP contribution in [0, 0.1) is 6.92 Å². The van der Waals surface area contributed by atoms with Crippen LogP contribution >= 0.6 is 0 Å². The SMILES string of the molecule is Cc1c(NC(=O)c2ccc(-c3ccccc3)n2C)cnn1C. The molecule has 0 aliphatic carbocycles. The molecule has 0 radical (unpaired) electrons. The summed E-state index contributed by atoms with van der Waals surface area (Å²) in [5.41, 5.74) is 4.36. The molecule has 0 aliphatic rings. The molecule has 0 fully saturated rings. The number of carbonyl (C=O) groups is 1. The van der Waals surface area contributed by atoms with Crippen LogP contribution in [0.1, 0.15) is 16.2 Å². The zero-order chi connectivity index (χ0) is 15.7. The quantitative estimate of drug-likeness (QED) is 0.807. The topological polar surface area (TPSA) is 51.9 Å². The third-order valence-corrected chi connectivity index (χ3v) is 3.91. The first kappa shape index (κ1) is 14.1. The third kappa shape index (κ3) is 2.41. The molecule has 3 aromatic rings. The van der Waals surface area contributed by atoms with Crippen molar-refractivity contribution in [3.8, 4) is 11.3 Å². The molecule has 1 N–H and O–H groups in total. The summed E-state index contributed by atoms with van der Waals surface area (Å²) in [5.74, 6) is -0.138. The molecule has 2 heterocycles. The summed E-state index contributed by atoms with van der Waals surface area (Å²) in [6, 6.07) is 13.8. The van der Waals surface area contributed by atoms with Crippen molar-refractivity contribution >= 4 is 11.6 Å². The van der Waals surface area contributed by atoms with Crippen molar-refractivity contribution in [3.05, 3.63) is 60.0 Å². The van der Waals surface area contributed by atoms with E-state index in [-0.39, 0.29) is 5.91 Å². The lowest BCUT2D eigenvalue weighted by atomic mass is 10.2. The number of carbonyl (C=O) groups excluding carboxylic acids is 1. The number of anilines is 1.